The molecule has 0 amide bonds. The summed E-state index contributed by atoms with van der Waals surface area (Å²) < 4.78 is 10.6. The lowest BCUT2D eigenvalue weighted by atomic mass is 10.0. The maximum absolute atomic E-state index is 6.02. The average Bonchev–Trinajstić information content (AvgIpc) is 2.63. The van der Waals surface area contributed by atoms with Crippen molar-refractivity contribution in [3.05, 3.63) is 23.7 Å². The Morgan fingerprint density at radius 3 is 2.67 bits per heavy atom. The summed E-state index contributed by atoms with van der Waals surface area (Å²) in [5.74, 6) is 2.39. The Labute approximate surface area is 91.6 Å². The summed E-state index contributed by atoms with van der Waals surface area (Å²) in [6, 6.07) is 3.88. The van der Waals surface area contributed by atoms with Crippen molar-refractivity contribution in [3.8, 4) is 0 Å². The van der Waals surface area contributed by atoms with E-state index in [1.54, 1.807) is 7.11 Å². The predicted molar refractivity (Wildman–Crippen MR) is 60.4 cm³/mol. The molecule has 0 bridgehead atoms. The van der Waals surface area contributed by atoms with Crippen LogP contribution in [0.15, 0.2) is 16.5 Å². The van der Waals surface area contributed by atoms with Gasteiger partial charge in [-0.1, -0.05) is 13.8 Å². The Morgan fingerprint density at radius 2 is 2.07 bits per heavy atom. The molecular weight excluding hydrogens is 190 g/mol. The van der Waals surface area contributed by atoms with Gasteiger partial charge in [0.1, 0.15) is 18.1 Å². The number of methoxy groups -OCH3 is 1. The first-order valence-corrected chi connectivity index (χ1v) is 5.46. The molecule has 1 aromatic heterocycles. The highest BCUT2D eigenvalue weighted by Gasteiger charge is 2.11. The first kappa shape index (κ1) is 12.3. The average molecular weight is 211 g/mol. The standard InChI is InChI=1S/C12H21NO2/c1-9(2)4-6-11(13)12-7-5-10(15-12)8-14-3/h5,7,9,11H,4,6,8,13H2,1-3H3. The van der Waals surface area contributed by atoms with Crippen molar-refractivity contribution in [2.24, 2.45) is 11.7 Å². The Balaban J connectivity index is 2.46. The summed E-state index contributed by atoms with van der Waals surface area (Å²) in [4.78, 5) is 0. The fraction of sp³-hybridized carbons (Fsp3) is 0.667. The van der Waals surface area contributed by atoms with E-state index in [4.69, 9.17) is 14.9 Å². The van der Waals surface area contributed by atoms with Crippen molar-refractivity contribution in [2.45, 2.75) is 39.3 Å². The van der Waals surface area contributed by atoms with Crippen LogP contribution in [0, 0.1) is 5.92 Å². The quantitative estimate of drug-likeness (QED) is 0.787. The Hall–Kier alpha value is -0.800. The molecule has 1 heterocycles. The van der Waals surface area contributed by atoms with Crippen molar-refractivity contribution in [1.82, 2.24) is 0 Å². The molecule has 0 radical (unpaired) electrons. The molecule has 0 aliphatic rings. The summed E-state index contributed by atoms with van der Waals surface area (Å²) in [5.41, 5.74) is 6.02. The minimum atomic E-state index is 0.0120. The first-order valence-electron chi connectivity index (χ1n) is 5.46. The van der Waals surface area contributed by atoms with Gasteiger partial charge in [0.2, 0.25) is 0 Å². The monoisotopic (exact) mass is 211 g/mol. The molecule has 0 fully saturated rings. The molecule has 1 atom stereocenters. The molecule has 3 heteroatoms. The number of ether oxygens (including phenoxy) is 1. The zero-order chi connectivity index (χ0) is 11.3. The van der Waals surface area contributed by atoms with Crippen LogP contribution in [0.3, 0.4) is 0 Å². The molecular formula is C12H21NO2. The third kappa shape index (κ3) is 4.06. The van der Waals surface area contributed by atoms with Crippen LogP contribution < -0.4 is 5.73 Å². The third-order valence-corrected chi connectivity index (χ3v) is 2.39. The van der Waals surface area contributed by atoms with Gasteiger partial charge in [-0.3, -0.25) is 0 Å². The van der Waals surface area contributed by atoms with Gasteiger partial charge in [-0.15, -0.1) is 0 Å². The second kappa shape index (κ2) is 5.93. The van der Waals surface area contributed by atoms with Crippen LogP contribution in [-0.2, 0) is 11.3 Å². The van der Waals surface area contributed by atoms with E-state index in [0.29, 0.717) is 12.5 Å². The summed E-state index contributed by atoms with van der Waals surface area (Å²) in [6.45, 7) is 4.91. The zero-order valence-electron chi connectivity index (χ0n) is 9.82. The van der Waals surface area contributed by atoms with Crippen molar-refractivity contribution in [3.63, 3.8) is 0 Å². The number of nitrogens with two attached hydrogens (primary N) is 1. The van der Waals surface area contributed by atoms with Crippen molar-refractivity contribution < 1.29 is 9.15 Å². The highest BCUT2D eigenvalue weighted by Crippen LogP contribution is 2.21. The molecule has 0 aliphatic carbocycles. The van der Waals surface area contributed by atoms with Crippen LogP contribution in [-0.4, -0.2) is 7.11 Å². The second-order valence-electron chi connectivity index (χ2n) is 4.31. The van der Waals surface area contributed by atoms with E-state index in [1.165, 1.54) is 0 Å². The van der Waals surface area contributed by atoms with Crippen LogP contribution in [0.25, 0.3) is 0 Å². The highest BCUT2D eigenvalue weighted by molar-refractivity contribution is 5.09. The third-order valence-electron chi connectivity index (χ3n) is 2.39. The first-order chi connectivity index (χ1) is 7.13. The van der Waals surface area contributed by atoms with Crippen LogP contribution in [0.5, 0.6) is 0 Å². The van der Waals surface area contributed by atoms with E-state index in [9.17, 15) is 0 Å². The Kier molecular flexibility index (Phi) is 4.85. The van der Waals surface area contributed by atoms with E-state index in [2.05, 4.69) is 13.8 Å². The molecule has 1 unspecified atom stereocenters. The minimum Gasteiger partial charge on any atom is -0.462 e. The van der Waals surface area contributed by atoms with Gasteiger partial charge in [0.15, 0.2) is 0 Å². The van der Waals surface area contributed by atoms with Crippen molar-refractivity contribution >= 4 is 0 Å². The lowest BCUT2D eigenvalue weighted by Crippen LogP contribution is -2.10. The molecule has 0 saturated heterocycles. The van der Waals surface area contributed by atoms with Crippen LogP contribution in [0.4, 0.5) is 0 Å². The van der Waals surface area contributed by atoms with Crippen LogP contribution >= 0.6 is 0 Å². The van der Waals surface area contributed by atoms with Crippen molar-refractivity contribution in [1.29, 1.82) is 0 Å². The molecule has 86 valence electrons. The van der Waals surface area contributed by atoms with E-state index >= 15 is 0 Å². The predicted octanol–water partition coefficient (Wildman–Crippen LogP) is 2.86. The van der Waals surface area contributed by atoms with Crippen molar-refractivity contribution in [2.75, 3.05) is 7.11 Å². The number of hydrogen-bond acceptors (Lipinski definition) is 3. The molecule has 0 aromatic carbocycles. The van der Waals surface area contributed by atoms with E-state index in [0.717, 1.165) is 24.4 Å². The largest absolute Gasteiger partial charge is 0.462 e. The van der Waals surface area contributed by atoms with Gasteiger partial charge in [-0.05, 0) is 30.9 Å². The molecule has 1 rings (SSSR count). The highest BCUT2D eigenvalue weighted by atomic mass is 16.5. The number of furan rings is 1. The summed E-state index contributed by atoms with van der Waals surface area (Å²) in [5, 5.41) is 0. The van der Waals surface area contributed by atoms with Gasteiger partial charge in [0, 0.05) is 7.11 Å². The maximum atomic E-state index is 6.02. The number of rotatable bonds is 6. The fourth-order valence-corrected chi connectivity index (χ4v) is 1.47. The van der Waals surface area contributed by atoms with E-state index < -0.39 is 0 Å². The van der Waals surface area contributed by atoms with Crippen LogP contribution in [0.2, 0.25) is 0 Å². The summed E-state index contributed by atoms with van der Waals surface area (Å²) >= 11 is 0. The zero-order valence-corrected chi connectivity index (χ0v) is 9.82. The fourth-order valence-electron chi connectivity index (χ4n) is 1.47. The van der Waals surface area contributed by atoms with Gasteiger partial charge >= 0.3 is 0 Å². The van der Waals surface area contributed by atoms with E-state index in [1.807, 2.05) is 12.1 Å². The molecule has 3 nitrogen and oxygen atoms in total. The topological polar surface area (TPSA) is 48.4 Å². The second-order valence-corrected chi connectivity index (χ2v) is 4.31. The molecule has 2 N–H and O–H groups in total. The van der Waals surface area contributed by atoms with E-state index in [-0.39, 0.29) is 6.04 Å². The smallest absolute Gasteiger partial charge is 0.129 e. The van der Waals surface area contributed by atoms with Gasteiger partial charge in [0.05, 0.1) is 6.04 Å². The number of hydrogen-bond donors (Lipinski definition) is 1. The van der Waals surface area contributed by atoms with Crippen LogP contribution in [0.1, 0.15) is 44.3 Å². The molecule has 0 aliphatic heterocycles. The molecule has 15 heavy (non-hydrogen) atoms. The minimum absolute atomic E-state index is 0.0120. The lowest BCUT2D eigenvalue weighted by Gasteiger charge is -2.10. The van der Waals surface area contributed by atoms with Gasteiger partial charge in [-0.25, -0.2) is 0 Å². The summed E-state index contributed by atoms with van der Waals surface area (Å²) in [7, 11) is 1.65. The molecule has 1 aromatic rings. The van der Waals surface area contributed by atoms with Gasteiger partial charge in [-0.2, -0.15) is 0 Å². The SMILES string of the molecule is COCc1ccc(C(N)CCC(C)C)o1. The summed E-state index contributed by atoms with van der Waals surface area (Å²) in [6.07, 6.45) is 2.10. The molecule has 0 spiro atoms. The maximum Gasteiger partial charge on any atom is 0.129 e. The Bertz CT molecular complexity index is 281. The van der Waals surface area contributed by atoms with Gasteiger partial charge < -0.3 is 14.9 Å². The lowest BCUT2D eigenvalue weighted by molar-refractivity contribution is 0.161. The Morgan fingerprint density at radius 1 is 1.33 bits per heavy atom. The van der Waals surface area contributed by atoms with Gasteiger partial charge in [0.25, 0.3) is 0 Å². The normalized spacial score (nSPS) is 13.4. The molecule has 0 saturated carbocycles.